The minimum Gasteiger partial charge on any atom is -0.357 e. The molecule has 0 aliphatic carbocycles. The number of aliphatic imine (C=N–C) groups is 1. The molecule has 1 unspecified atom stereocenters. The van der Waals surface area contributed by atoms with Gasteiger partial charge < -0.3 is 20.4 Å². The van der Waals surface area contributed by atoms with Crippen molar-refractivity contribution in [1.82, 2.24) is 20.5 Å². The zero-order valence-corrected chi connectivity index (χ0v) is 17.8. The summed E-state index contributed by atoms with van der Waals surface area (Å²) < 4.78 is 0. The second-order valence-electron chi connectivity index (χ2n) is 8.02. The number of guanidine groups is 1. The van der Waals surface area contributed by atoms with Crippen LogP contribution in [0.2, 0.25) is 0 Å². The lowest BCUT2D eigenvalue weighted by atomic mass is 10.0. The van der Waals surface area contributed by atoms with E-state index in [2.05, 4.69) is 72.3 Å². The molecule has 6 nitrogen and oxygen atoms in total. The highest BCUT2D eigenvalue weighted by molar-refractivity contribution is 5.80. The molecule has 1 aliphatic rings. The minimum absolute atomic E-state index is 0.420. The molecule has 0 aromatic carbocycles. The molecule has 1 atom stereocenters. The van der Waals surface area contributed by atoms with E-state index in [4.69, 9.17) is 4.99 Å². The number of hydrogen-bond donors (Lipinski definition) is 2. The van der Waals surface area contributed by atoms with Gasteiger partial charge in [0.05, 0.1) is 6.54 Å². The van der Waals surface area contributed by atoms with Gasteiger partial charge in [0, 0.05) is 45.0 Å². The molecule has 0 amide bonds. The van der Waals surface area contributed by atoms with Crippen molar-refractivity contribution in [3.8, 4) is 0 Å². The largest absolute Gasteiger partial charge is 0.357 e. The number of aromatic nitrogens is 1. The van der Waals surface area contributed by atoms with E-state index < -0.39 is 0 Å². The van der Waals surface area contributed by atoms with E-state index in [0.29, 0.717) is 12.6 Å². The van der Waals surface area contributed by atoms with Crippen LogP contribution in [0.3, 0.4) is 0 Å². The fourth-order valence-corrected chi connectivity index (χ4v) is 3.15. The summed E-state index contributed by atoms with van der Waals surface area (Å²) in [5.41, 5.74) is 1.20. The van der Waals surface area contributed by atoms with Gasteiger partial charge >= 0.3 is 0 Å². The second kappa shape index (κ2) is 11.1. The summed E-state index contributed by atoms with van der Waals surface area (Å²) in [6.07, 6.45) is 4.29. The molecule has 1 fully saturated rings. The third kappa shape index (κ3) is 7.75. The highest BCUT2D eigenvalue weighted by Crippen LogP contribution is 2.15. The van der Waals surface area contributed by atoms with E-state index in [1.165, 1.54) is 12.0 Å². The molecule has 1 saturated heterocycles. The van der Waals surface area contributed by atoms with Crippen LogP contribution in [-0.2, 0) is 6.54 Å². The molecule has 27 heavy (non-hydrogen) atoms. The summed E-state index contributed by atoms with van der Waals surface area (Å²) in [5, 5.41) is 6.90. The fraction of sp³-hybridized carbons (Fsp3) is 0.714. The highest BCUT2D eigenvalue weighted by Gasteiger charge is 2.15. The molecule has 0 radical (unpaired) electrons. The summed E-state index contributed by atoms with van der Waals surface area (Å²) in [5.74, 6) is 2.70. The van der Waals surface area contributed by atoms with E-state index in [9.17, 15) is 0 Å². The Labute approximate surface area is 165 Å². The number of rotatable bonds is 8. The average Bonchev–Trinajstić information content (AvgIpc) is 2.65. The third-order valence-electron chi connectivity index (χ3n) is 4.96. The number of hydrogen-bond acceptors (Lipinski definition) is 4. The summed E-state index contributed by atoms with van der Waals surface area (Å²) in [6.45, 7) is 14.7. The first-order valence-corrected chi connectivity index (χ1v) is 10.4. The van der Waals surface area contributed by atoms with Crippen LogP contribution >= 0.6 is 0 Å². The van der Waals surface area contributed by atoms with Crippen LogP contribution in [0.1, 0.15) is 46.1 Å². The molecule has 2 heterocycles. The van der Waals surface area contributed by atoms with Gasteiger partial charge in [-0.15, -0.1) is 0 Å². The van der Waals surface area contributed by atoms with Crippen molar-refractivity contribution in [2.45, 2.75) is 53.1 Å². The molecule has 0 bridgehead atoms. The number of likely N-dealkylation sites (N-methyl/N-ethyl adjacent to an activating group) is 1. The Hall–Kier alpha value is -1.82. The Bertz CT molecular complexity index is 578. The maximum atomic E-state index is 4.79. The number of piperazine rings is 1. The Morgan fingerprint density at radius 2 is 1.93 bits per heavy atom. The summed E-state index contributed by atoms with van der Waals surface area (Å²) in [7, 11) is 2.17. The SMILES string of the molecule is CCNC(=NCc1ccnc(N2CCN(C)CC2)c1)NC(C)CCC(C)C. The van der Waals surface area contributed by atoms with Crippen LogP contribution in [0.5, 0.6) is 0 Å². The van der Waals surface area contributed by atoms with Crippen LogP contribution in [0.15, 0.2) is 23.3 Å². The first-order chi connectivity index (χ1) is 13.0. The number of anilines is 1. The van der Waals surface area contributed by atoms with E-state index in [-0.39, 0.29) is 0 Å². The van der Waals surface area contributed by atoms with Gasteiger partial charge in [0.15, 0.2) is 5.96 Å². The summed E-state index contributed by atoms with van der Waals surface area (Å²) >= 11 is 0. The van der Waals surface area contributed by atoms with Gasteiger partial charge in [-0.1, -0.05) is 13.8 Å². The molecule has 0 saturated carbocycles. The Morgan fingerprint density at radius 3 is 2.59 bits per heavy atom. The zero-order chi connectivity index (χ0) is 19.6. The number of pyridine rings is 1. The first kappa shape index (κ1) is 21.5. The maximum absolute atomic E-state index is 4.79. The molecule has 6 heteroatoms. The lowest BCUT2D eigenvalue weighted by molar-refractivity contribution is 0.312. The molecule has 1 aromatic heterocycles. The summed E-state index contributed by atoms with van der Waals surface area (Å²) in [6, 6.07) is 4.67. The van der Waals surface area contributed by atoms with Crippen LogP contribution < -0.4 is 15.5 Å². The normalized spacial score (nSPS) is 17.3. The molecule has 1 aliphatic heterocycles. The van der Waals surface area contributed by atoms with Gasteiger partial charge in [0.25, 0.3) is 0 Å². The minimum atomic E-state index is 0.420. The van der Waals surface area contributed by atoms with Crippen molar-refractivity contribution in [3.05, 3.63) is 23.9 Å². The van der Waals surface area contributed by atoms with Crippen LogP contribution in [0.25, 0.3) is 0 Å². The topological polar surface area (TPSA) is 55.8 Å². The van der Waals surface area contributed by atoms with E-state index in [1.54, 1.807) is 0 Å². The Kier molecular flexibility index (Phi) is 8.85. The Morgan fingerprint density at radius 1 is 1.19 bits per heavy atom. The fourth-order valence-electron chi connectivity index (χ4n) is 3.15. The second-order valence-corrected chi connectivity index (χ2v) is 8.02. The molecule has 1 aromatic rings. The van der Waals surface area contributed by atoms with E-state index in [0.717, 1.165) is 56.8 Å². The molecule has 152 valence electrons. The van der Waals surface area contributed by atoms with Crippen molar-refractivity contribution in [2.75, 3.05) is 44.7 Å². The third-order valence-corrected chi connectivity index (χ3v) is 4.96. The van der Waals surface area contributed by atoms with Crippen LogP contribution in [0.4, 0.5) is 5.82 Å². The van der Waals surface area contributed by atoms with Gasteiger partial charge in [-0.3, -0.25) is 0 Å². The standard InChI is InChI=1S/C21H38N6/c1-6-22-21(25-18(4)8-7-17(2)3)24-16-19-9-10-23-20(15-19)27-13-11-26(5)12-14-27/h9-10,15,17-18H,6-8,11-14,16H2,1-5H3,(H2,22,24,25). The van der Waals surface area contributed by atoms with Crippen LogP contribution in [-0.4, -0.2) is 61.7 Å². The van der Waals surface area contributed by atoms with Gasteiger partial charge in [-0.05, 0) is 57.4 Å². The van der Waals surface area contributed by atoms with E-state index in [1.807, 2.05) is 6.20 Å². The monoisotopic (exact) mass is 374 g/mol. The number of nitrogens with zero attached hydrogens (tertiary/aromatic N) is 4. The smallest absolute Gasteiger partial charge is 0.191 e. The predicted octanol–water partition coefficient (Wildman–Crippen LogP) is 2.71. The average molecular weight is 375 g/mol. The van der Waals surface area contributed by atoms with Crippen molar-refractivity contribution >= 4 is 11.8 Å². The quantitative estimate of drug-likeness (QED) is 0.541. The van der Waals surface area contributed by atoms with Crippen LogP contribution in [0, 0.1) is 5.92 Å². The van der Waals surface area contributed by atoms with E-state index >= 15 is 0 Å². The molecular formula is C21H38N6. The van der Waals surface area contributed by atoms with Gasteiger partial charge in [0.1, 0.15) is 5.82 Å². The summed E-state index contributed by atoms with van der Waals surface area (Å²) in [4.78, 5) is 14.1. The molecule has 0 spiro atoms. The predicted molar refractivity (Wildman–Crippen MR) is 115 cm³/mol. The Balaban J connectivity index is 1.95. The first-order valence-electron chi connectivity index (χ1n) is 10.4. The molecular weight excluding hydrogens is 336 g/mol. The lowest BCUT2D eigenvalue weighted by Crippen LogP contribution is -2.44. The van der Waals surface area contributed by atoms with Gasteiger partial charge in [-0.2, -0.15) is 0 Å². The highest BCUT2D eigenvalue weighted by atomic mass is 15.3. The van der Waals surface area contributed by atoms with Crippen molar-refractivity contribution in [2.24, 2.45) is 10.9 Å². The van der Waals surface area contributed by atoms with Gasteiger partial charge in [-0.25, -0.2) is 9.98 Å². The van der Waals surface area contributed by atoms with Gasteiger partial charge in [0.2, 0.25) is 0 Å². The van der Waals surface area contributed by atoms with Crippen molar-refractivity contribution in [3.63, 3.8) is 0 Å². The molecule has 2 rings (SSSR count). The van der Waals surface area contributed by atoms with Crippen molar-refractivity contribution < 1.29 is 0 Å². The van der Waals surface area contributed by atoms with Crippen molar-refractivity contribution in [1.29, 1.82) is 0 Å². The zero-order valence-electron chi connectivity index (χ0n) is 17.8. The maximum Gasteiger partial charge on any atom is 0.191 e. The number of nitrogens with one attached hydrogen (secondary N) is 2. The lowest BCUT2D eigenvalue weighted by Gasteiger charge is -2.33. The molecule has 2 N–H and O–H groups in total.